The van der Waals surface area contributed by atoms with E-state index in [4.69, 9.17) is 21.4 Å². The Morgan fingerprint density at radius 3 is 2.95 bits per heavy atom. The highest BCUT2D eigenvalue weighted by Crippen LogP contribution is 2.25. The van der Waals surface area contributed by atoms with Gasteiger partial charge < -0.3 is 18.7 Å². The first-order valence-corrected chi connectivity index (χ1v) is 7.40. The third-order valence-electron chi connectivity index (χ3n) is 3.75. The van der Waals surface area contributed by atoms with Crippen LogP contribution >= 0.6 is 12.2 Å². The lowest BCUT2D eigenvalue weighted by Gasteiger charge is -2.14. The molecule has 3 aromatic rings. The minimum Gasteiger partial charge on any atom is -0.497 e. The van der Waals surface area contributed by atoms with E-state index in [1.807, 2.05) is 30.3 Å². The van der Waals surface area contributed by atoms with Gasteiger partial charge in [0.15, 0.2) is 4.77 Å². The minimum absolute atomic E-state index is 0.296. The van der Waals surface area contributed by atoms with E-state index < -0.39 is 0 Å². The van der Waals surface area contributed by atoms with Gasteiger partial charge in [0.25, 0.3) is 0 Å². The molecule has 2 heterocycles. The van der Waals surface area contributed by atoms with Gasteiger partial charge in [0.1, 0.15) is 11.5 Å². The van der Waals surface area contributed by atoms with Crippen LogP contribution in [0.3, 0.4) is 0 Å². The van der Waals surface area contributed by atoms with Crippen molar-refractivity contribution in [2.45, 2.75) is 25.8 Å². The summed E-state index contributed by atoms with van der Waals surface area (Å²) in [4.78, 5) is 3.25. The number of nitrogens with zero attached hydrogens (tertiary/aromatic N) is 1. The number of benzene rings is 1. The van der Waals surface area contributed by atoms with E-state index in [0.717, 1.165) is 40.2 Å². The van der Waals surface area contributed by atoms with E-state index >= 15 is 0 Å². The second-order valence-electron chi connectivity index (χ2n) is 5.15. The molecule has 0 saturated heterocycles. The van der Waals surface area contributed by atoms with Crippen LogP contribution in [-0.2, 0) is 6.42 Å². The number of rotatable bonds is 5. The number of H-pyrrole nitrogens is 1. The summed E-state index contributed by atoms with van der Waals surface area (Å²) in [6, 6.07) is 10.2. The molecule has 0 aliphatic carbocycles. The molecule has 4 nitrogen and oxygen atoms in total. The van der Waals surface area contributed by atoms with Crippen LogP contribution in [0.15, 0.2) is 41.0 Å². The Bertz CT molecular complexity index is 786. The van der Waals surface area contributed by atoms with Crippen LogP contribution in [0.4, 0.5) is 0 Å². The first-order valence-electron chi connectivity index (χ1n) is 6.99. The number of hydrogen-bond donors (Lipinski definition) is 1. The smallest absolute Gasteiger partial charge is 0.178 e. The lowest BCUT2D eigenvalue weighted by atomic mass is 10.1. The zero-order valence-electron chi connectivity index (χ0n) is 12.1. The Labute approximate surface area is 128 Å². The van der Waals surface area contributed by atoms with Crippen molar-refractivity contribution in [3.8, 4) is 5.75 Å². The number of hydrogen-bond acceptors (Lipinski definition) is 3. The summed E-state index contributed by atoms with van der Waals surface area (Å²) in [5.74, 6) is 1.84. The predicted molar refractivity (Wildman–Crippen MR) is 85.4 cm³/mol. The number of methoxy groups -OCH3 is 1. The highest BCUT2D eigenvalue weighted by atomic mass is 32.1. The molecule has 0 aliphatic heterocycles. The van der Waals surface area contributed by atoms with Crippen LogP contribution in [0.2, 0.25) is 0 Å². The highest BCUT2D eigenvalue weighted by molar-refractivity contribution is 7.71. The molecule has 1 N–H and O–H groups in total. The standard InChI is InChI=1S/C16H18N2O2S/c1-11(5-6-12-4-3-9-20-12)18-15-8-7-13(19-2)10-14(15)17-16(18)21/h3-4,7-11H,5-6H2,1-2H3,(H,17,21). The number of nitrogens with one attached hydrogen (secondary N) is 1. The molecule has 3 rings (SSSR count). The van der Waals surface area contributed by atoms with Crippen LogP contribution in [0.5, 0.6) is 5.75 Å². The molecular weight excluding hydrogens is 284 g/mol. The van der Waals surface area contributed by atoms with Crippen LogP contribution in [0.1, 0.15) is 25.1 Å². The lowest BCUT2D eigenvalue weighted by Crippen LogP contribution is -2.06. The molecule has 0 spiro atoms. The van der Waals surface area contributed by atoms with Crippen LogP contribution in [0.25, 0.3) is 11.0 Å². The fourth-order valence-electron chi connectivity index (χ4n) is 2.61. The second kappa shape index (κ2) is 5.77. The predicted octanol–water partition coefficient (Wildman–Crippen LogP) is 4.49. The average Bonchev–Trinajstić information content (AvgIpc) is 3.10. The highest BCUT2D eigenvalue weighted by Gasteiger charge is 2.12. The molecule has 5 heteroatoms. The maximum Gasteiger partial charge on any atom is 0.178 e. The number of aryl methyl sites for hydroxylation is 1. The molecule has 21 heavy (non-hydrogen) atoms. The topological polar surface area (TPSA) is 43.1 Å². The van der Waals surface area contributed by atoms with Crippen molar-refractivity contribution in [2.24, 2.45) is 0 Å². The Balaban J connectivity index is 1.88. The van der Waals surface area contributed by atoms with Gasteiger partial charge in [0, 0.05) is 18.5 Å². The molecule has 1 atom stereocenters. The van der Waals surface area contributed by atoms with E-state index in [2.05, 4.69) is 16.5 Å². The van der Waals surface area contributed by atoms with E-state index in [9.17, 15) is 0 Å². The molecule has 1 unspecified atom stereocenters. The van der Waals surface area contributed by atoms with Gasteiger partial charge in [0.2, 0.25) is 0 Å². The summed E-state index contributed by atoms with van der Waals surface area (Å²) in [5, 5.41) is 0. The molecule has 2 aromatic heterocycles. The van der Waals surface area contributed by atoms with Gasteiger partial charge >= 0.3 is 0 Å². The maximum atomic E-state index is 5.47. The molecule has 0 aliphatic rings. The molecule has 0 radical (unpaired) electrons. The Hall–Kier alpha value is -2.01. The Kier molecular flexibility index (Phi) is 3.84. The van der Waals surface area contributed by atoms with E-state index in [-0.39, 0.29) is 0 Å². The number of aromatic nitrogens is 2. The van der Waals surface area contributed by atoms with E-state index in [0.29, 0.717) is 6.04 Å². The fraction of sp³-hybridized carbons (Fsp3) is 0.312. The Morgan fingerprint density at radius 1 is 1.38 bits per heavy atom. The number of fused-ring (bicyclic) bond motifs is 1. The number of furan rings is 1. The molecule has 0 amide bonds. The van der Waals surface area contributed by atoms with Gasteiger partial charge in [-0.15, -0.1) is 0 Å². The molecule has 0 fully saturated rings. The second-order valence-corrected chi connectivity index (χ2v) is 5.54. The normalized spacial score (nSPS) is 12.7. The third kappa shape index (κ3) is 2.74. The van der Waals surface area contributed by atoms with Gasteiger partial charge in [-0.25, -0.2) is 0 Å². The molecule has 0 saturated carbocycles. The summed E-state index contributed by atoms with van der Waals surface area (Å²) in [6.45, 7) is 2.18. The van der Waals surface area contributed by atoms with Gasteiger partial charge in [-0.3, -0.25) is 0 Å². The molecule has 1 aromatic carbocycles. The van der Waals surface area contributed by atoms with Crippen LogP contribution < -0.4 is 4.74 Å². The van der Waals surface area contributed by atoms with Gasteiger partial charge in [-0.1, -0.05) is 0 Å². The zero-order chi connectivity index (χ0) is 14.8. The summed E-state index contributed by atoms with van der Waals surface area (Å²) < 4.78 is 13.5. The monoisotopic (exact) mass is 302 g/mol. The van der Waals surface area contributed by atoms with Crippen molar-refractivity contribution in [3.05, 3.63) is 47.1 Å². The maximum absolute atomic E-state index is 5.47. The molecular formula is C16H18N2O2S. The SMILES string of the molecule is COc1ccc2c(c1)[nH]c(=S)n2C(C)CCc1ccco1. The van der Waals surface area contributed by atoms with Crippen molar-refractivity contribution in [2.75, 3.05) is 7.11 Å². The fourth-order valence-corrected chi connectivity index (χ4v) is 3.00. The van der Waals surface area contributed by atoms with Crippen molar-refractivity contribution in [1.29, 1.82) is 0 Å². The summed E-state index contributed by atoms with van der Waals surface area (Å²) in [6.07, 6.45) is 3.59. The Morgan fingerprint density at radius 2 is 2.24 bits per heavy atom. The van der Waals surface area contributed by atoms with Crippen molar-refractivity contribution >= 4 is 23.3 Å². The molecule has 110 valence electrons. The van der Waals surface area contributed by atoms with Gasteiger partial charge in [-0.2, -0.15) is 0 Å². The van der Waals surface area contributed by atoms with Crippen molar-refractivity contribution < 1.29 is 9.15 Å². The number of ether oxygens (including phenoxy) is 1. The largest absolute Gasteiger partial charge is 0.497 e. The van der Waals surface area contributed by atoms with Gasteiger partial charge in [-0.05, 0) is 49.8 Å². The quantitative estimate of drug-likeness (QED) is 0.706. The van der Waals surface area contributed by atoms with Crippen molar-refractivity contribution in [3.63, 3.8) is 0 Å². The summed E-state index contributed by atoms with van der Waals surface area (Å²) in [5.41, 5.74) is 2.11. The number of aromatic amines is 1. The average molecular weight is 302 g/mol. The first-order chi connectivity index (χ1) is 10.2. The van der Waals surface area contributed by atoms with Crippen LogP contribution in [0, 0.1) is 4.77 Å². The van der Waals surface area contributed by atoms with Crippen molar-refractivity contribution in [1.82, 2.24) is 9.55 Å². The first kappa shape index (κ1) is 13.9. The van der Waals surface area contributed by atoms with Crippen LogP contribution in [-0.4, -0.2) is 16.7 Å². The zero-order valence-corrected chi connectivity index (χ0v) is 12.9. The minimum atomic E-state index is 0.296. The molecule has 0 bridgehead atoms. The lowest BCUT2D eigenvalue weighted by molar-refractivity contribution is 0.415. The number of imidazole rings is 1. The third-order valence-corrected chi connectivity index (χ3v) is 4.05. The van der Waals surface area contributed by atoms with E-state index in [1.54, 1.807) is 13.4 Å². The summed E-state index contributed by atoms with van der Waals surface area (Å²) >= 11 is 5.47. The summed E-state index contributed by atoms with van der Waals surface area (Å²) in [7, 11) is 1.67. The van der Waals surface area contributed by atoms with E-state index in [1.165, 1.54) is 0 Å². The van der Waals surface area contributed by atoms with Gasteiger partial charge in [0.05, 0.1) is 24.4 Å².